The number of likely N-dealkylation sites (tertiary alicyclic amines) is 1. The average molecular weight is 416 g/mol. The van der Waals surface area contributed by atoms with E-state index in [2.05, 4.69) is 10.3 Å². The molecule has 0 aliphatic carbocycles. The second-order valence-electron chi connectivity index (χ2n) is 7.76. The first kappa shape index (κ1) is 20.3. The number of anilines is 1. The maximum atomic E-state index is 13.5. The molecule has 3 aromatic rings. The maximum Gasteiger partial charge on any atom is 0.449 e. The number of nitrogens with one attached hydrogen (secondary N) is 1. The second-order valence-corrected chi connectivity index (χ2v) is 7.76. The van der Waals surface area contributed by atoms with Gasteiger partial charge in [-0.3, -0.25) is 0 Å². The molecule has 158 valence electrons. The van der Waals surface area contributed by atoms with Gasteiger partial charge >= 0.3 is 12.2 Å². The predicted octanol–water partition coefficient (Wildman–Crippen LogP) is 5.31. The third-order valence-electron chi connectivity index (χ3n) is 5.55. The predicted molar refractivity (Wildman–Crippen MR) is 109 cm³/mol. The van der Waals surface area contributed by atoms with E-state index in [9.17, 15) is 18.0 Å². The largest absolute Gasteiger partial charge is 0.449 e. The van der Waals surface area contributed by atoms with Gasteiger partial charge in [0.2, 0.25) is 5.82 Å². The van der Waals surface area contributed by atoms with Crippen LogP contribution in [0.4, 0.5) is 23.7 Å². The van der Waals surface area contributed by atoms with Crippen LogP contribution in [0.5, 0.6) is 0 Å². The lowest BCUT2D eigenvalue weighted by atomic mass is 9.96. The van der Waals surface area contributed by atoms with Crippen LogP contribution in [0.2, 0.25) is 0 Å². The van der Waals surface area contributed by atoms with Crippen molar-refractivity contribution in [2.24, 2.45) is 5.92 Å². The molecule has 0 atom stereocenters. The molecule has 1 aliphatic rings. The van der Waals surface area contributed by atoms with Crippen molar-refractivity contribution in [1.82, 2.24) is 14.5 Å². The van der Waals surface area contributed by atoms with Crippen molar-refractivity contribution in [2.45, 2.75) is 32.5 Å². The first-order valence-corrected chi connectivity index (χ1v) is 9.96. The van der Waals surface area contributed by atoms with Crippen molar-refractivity contribution in [1.29, 1.82) is 0 Å². The Kier molecular flexibility index (Phi) is 5.40. The average Bonchev–Trinajstić information content (AvgIpc) is 3.09. The fraction of sp³-hybridized carbons (Fsp3) is 0.364. The van der Waals surface area contributed by atoms with Crippen LogP contribution in [0.3, 0.4) is 0 Å². The molecule has 4 rings (SSSR count). The molecule has 2 heterocycles. The third-order valence-corrected chi connectivity index (χ3v) is 5.55. The van der Waals surface area contributed by atoms with Gasteiger partial charge in [0.15, 0.2) is 0 Å². The number of aryl methyl sites for hydroxylation is 1. The van der Waals surface area contributed by atoms with Gasteiger partial charge in [0.25, 0.3) is 0 Å². The normalized spacial score (nSPS) is 15.5. The van der Waals surface area contributed by atoms with E-state index in [4.69, 9.17) is 0 Å². The molecule has 1 saturated heterocycles. The van der Waals surface area contributed by atoms with Crippen LogP contribution >= 0.6 is 0 Å². The highest BCUT2D eigenvalue weighted by Gasteiger charge is 2.38. The van der Waals surface area contributed by atoms with Crippen molar-refractivity contribution in [3.63, 3.8) is 0 Å². The summed E-state index contributed by atoms with van der Waals surface area (Å²) in [7, 11) is 0. The number of piperidine rings is 1. The highest BCUT2D eigenvalue weighted by atomic mass is 19.4. The summed E-state index contributed by atoms with van der Waals surface area (Å²) in [6.45, 7) is 3.24. The number of fused-ring (bicyclic) bond motifs is 1. The van der Waals surface area contributed by atoms with E-state index in [1.165, 1.54) is 4.57 Å². The van der Waals surface area contributed by atoms with Gasteiger partial charge in [-0.25, -0.2) is 9.78 Å². The van der Waals surface area contributed by atoms with Crippen molar-refractivity contribution in [2.75, 3.05) is 18.4 Å². The molecule has 2 amide bonds. The summed E-state index contributed by atoms with van der Waals surface area (Å²) in [5.74, 6) is -0.810. The molecule has 2 aromatic carbocycles. The van der Waals surface area contributed by atoms with Crippen molar-refractivity contribution in [3.05, 3.63) is 59.9 Å². The number of alkyl halides is 3. The Hall–Kier alpha value is -3.03. The lowest BCUT2D eigenvalue weighted by molar-refractivity contribution is -0.147. The number of carbonyl (C=O) groups excluding carboxylic acids is 1. The Morgan fingerprint density at radius 3 is 2.43 bits per heavy atom. The van der Waals surface area contributed by atoms with E-state index in [0.29, 0.717) is 37.0 Å². The SMILES string of the molecule is Cc1ccc(NC(=O)N2CCC(Cn3c(C(F)(F)F)nc4ccccc43)CC2)cc1. The molecular formula is C22H23F3N4O. The van der Waals surface area contributed by atoms with Gasteiger partial charge in [-0.15, -0.1) is 0 Å². The van der Waals surface area contributed by atoms with Gasteiger partial charge in [0.05, 0.1) is 11.0 Å². The molecule has 1 N–H and O–H groups in total. The van der Waals surface area contributed by atoms with E-state index in [0.717, 1.165) is 11.3 Å². The van der Waals surface area contributed by atoms with Crippen LogP contribution in [-0.4, -0.2) is 33.6 Å². The van der Waals surface area contributed by atoms with E-state index in [1.54, 1.807) is 29.2 Å². The summed E-state index contributed by atoms with van der Waals surface area (Å²) in [5.41, 5.74) is 2.68. The number of carbonyl (C=O) groups is 1. The zero-order valence-electron chi connectivity index (χ0n) is 16.6. The van der Waals surface area contributed by atoms with Crippen molar-refractivity contribution < 1.29 is 18.0 Å². The van der Waals surface area contributed by atoms with Gasteiger partial charge in [-0.2, -0.15) is 13.2 Å². The number of rotatable bonds is 3. The first-order chi connectivity index (χ1) is 14.3. The lowest BCUT2D eigenvalue weighted by Gasteiger charge is -2.32. The quantitative estimate of drug-likeness (QED) is 0.629. The minimum Gasteiger partial charge on any atom is -0.325 e. The number of hydrogen-bond acceptors (Lipinski definition) is 2. The zero-order valence-corrected chi connectivity index (χ0v) is 16.6. The van der Waals surface area contributed by atoms with Gasteiger partial charge in [0, 0.05) is 25.3 Å². The fourth-order valence-electron chi connectivity index (χ4n) is 3.89. The summed E-state index contributed by atoms with van der Waals surface area (Å²) < 4.78 is 41.8. The van der Waals surface area contributed by atoms with Gasteiger partial charge in [-0.05, 0) is 49.9 Å². The molecule has 0 radical (unpaired) electrons. The highest BCUT2D eigenvalue weighted by molar-refractivity contribution is 5.89. The smallest absolute Gasteiger partial charge is 0.325 e. The van der Waals surface area contributed by atoms with Crippen LogP contribution in [0.1, 0.15) is 24.2 Å². The summed E-state index contributed by atoms with van der Waals surface area (Å²) in [6, 6.07) is 14.0. The van der Waals surface area contributed by atoms with Crippen molar-refractivity contribution >= 4 is 22.8 Å². The number of imidazole rings is 1. The number of nitrogens with zero attached hydrogens (tertiary/aromatic N) is 3. The van der Waals surface area contributed by atoms with Crippen LogP contribution in [0.25, 0.3) is 11.0 Å². The van der Waals surface area contributed by atoms with Gasteiger partial charge < -0.3 is 14.8 Å². The summed E-state index contributed by atoms with van der Waals surface area (Å²) in [4.78, 5) is 18.0. The lowest BCUT2D eigenvalue weighted by Crippen LogP contribution is -2.41. The highest BCUT2D eigenvalue weighted by Crippen LogP contribution is 2.33. The molecule has 1 aromatic heterocycles. The third kappa shape index (κ3) is 4.27. The Balaban J connectivity index is 1.42. The Morgan fingerprint density at radius 1 is 1.10 bits per heavy atom. The number of halogens is 3. The minimum absolute atomic E-state index is 0.0483. The number of urea groups is 1. The van der Waals surface area contributed by atoms with Crippen LogP contribution in [-0.2, 0) is 12.7 Å². The molecule has 0 bridgehead atoms. The van der Waals surface area contributed by atoms with E-state index in [1.807, 2.05) is 31.2 Å². The molecule has 1 fully saturated rings. The van der Waals surface area contributed by atoms with E-state index in [-0.39, 0.29) is 18.5 Å². The Bertz CT molecular complexity index is 1030. The number of benzene rings is 2. The fourth-order valence-corrected chi connectivity index (χ4v) is 3.89. The number of aromatic nitrogens is 2. The van der Waals surface area contributed by atoms with Crippen LogP contribution in [0.15, 0.2) is 48.5 Å². The maximum absolute atomic E-state index is 13.5. The minimum atomic E-state index is -4.51. The van der Waals surface area contributed by atoms with E-state index >= 15 is 0 Å². The summed E-state index contributed by atoms with van der Waals surface area (Å²) >= 11 is 0. The molecule has 1 aliphatic heterocycles. The topological polar surface area (TPSA) is 50.2 Å². The van der Waals surface area contributed by atoms with Gasteiger partial charge in [0.1, 0.15) is 0 Å². The molecule has 0 spiro atoms. The van der Waals surface area contributed by atoms with Crippen LogP contribution in [0, 0.1) is 12.8 Å². The molecule has 8 heteroatoms. The summed E-state index contributed by atoms with van der Waals surface area (Å²) in [5, 5.41) is 2.88. The monoisotopic (exact) mass is 416 g/mol. The molecule has 5 nitrogen and oxygen atoms in total. The number of amides is 2. The Morgan fingerprint density at radius 2 is 1.77 bits per heavy atom. The Labute approximate surface area is 172 Å². The summed E-state index contributed by atoms with van der Waals surface area (Å²) in [6.07, 6.45) is -3.22. The van der Waals surface area contributed by atoms with Crippen LogP contribution < -0.4 is 5.32 Å². The molecular weight excluding hydrogens is 393 g/mol. The molecule has 30 heavy (non-hydrogen) atoms. The number of hydrogen-bond donors (Lipinski definition) is 1. The molecule has 0 unspecified atom stereocenters. The standard InChI is InChI=1S/C22H23F3N4O/c1-15-6-8-17(9-7-15)26-21(30)28-12-10-16(11-13-28)14-29-19-5-3-2-4-18(19)27-20(29)22(23,24)25/h2-9,16H,10-14H2,1H3,(H,26,30). The molecule has 0 saturated carbocycles. The second kappa shape index (κ2) is 8.01. The van der Waals surface area contributed by atoms with Gasteiger partial charge in [-0.1, -0.05) is 29.8 Å². The number of para-hydroxylation sites is 2. The van der Waals surface area contributed by atoms with E-state index < -0.39 is 12.0 Å². The van der Waals surface area contributed by atoms with Crippen molar-refractivity contribution in [3.8, 4) is 0 Å². The first-order valence-electron chi connectivity index (χ1n) is 9.96. The zero-order chi connectivity index (χ0) is 21.3.